The fourth-order valence-electron chi connectivity index (χ4n) is 1.76. The van der Waals surface area contributed by atoms with Gasteiger partial charge in [-0.3, -0.25) is 4.79 Å². The summed E-state index contributed by atoms with van der Waals surface area (Å²) in [4.78, 5) is 15.1. The Hall–Kier alpha value is -0.960. The minimum Gasteiger partial charge on any atom is -0.339 e. The molecule has 3 heteroatoms. The molecule has 0 unspecified atom stereocenters. The van der Waals surface area contributed by atoms with E-state index in [9.17, 15) is 4.79 Å². The smallest absolute Gasteiger partial charge is 0.254 e. The molecule has 0 aromatic heterocycles. The van der Waals surface area contributed by atoms with Gasteiger partial charge >= 0.3 is 0 Å². The number of hydrogen-bond donors (Lipinski definition) is 1. The maximum atomic E-state index is 12.3. The first-order chi connectivity index (χ1) is 8.10. The molecule has 94 valence electrons. The molecule has 0 N–H and O–H groups in total. The molecule has 0 spiro atoms. The van der Waals surface area contributed by atoms with Gasteiger partial charge in [0.15, 0.2) is 0 Å². The molecule has 1 rings (SSSR count). The predicted molar refractivity (Wildman–Crippen MR) is 74.9 cm³/mol. The molecule has 0 heterocycles. The van der Waals surface area contributed by atoms with Crippen LogP contribution in [0.2, 0.25) is 0 Å². The van der Waals surface area contributed by atoms with Gasteiger partial charge in [0, 0.05) is 23.5 Å². The lowest BCUT2D eigenvalue weighted by molar-refractivity contribution is 0.0761. The number of amides is 1. The minimum atomic E-state index is 0.120. The third-order valence-corrected chi connectivity index (χ3v) is 3.18. The third kappa shape index (κ3) is 3.77. The van der Waals surface area contributed by atoms with Gasteiger partial charge in [0.25, 0.3) is 5.91 Å². The van der Waals surface area contributed by atoms with Crippen molar-refractivity contribution in [3.8, 4) is 0 Å². The van der Waals surface area contributed by atoms with E-state index < -0.39 is 0 Å². The SMILES string of the molecule is CCCCN(CC)C(=O)c1cc(S)ccc1C. The number of rotatable bonds is 5. The van der Waals surface area contributed by atoms with E-state index >= 15 is 0 Å². The lowest BCUT2D eigenvalue weighted by atomic mass is 10.1. The zero-order chi connectivity index (χ0) is 12.8. The van der Waals surface area contributed by atoms with Crippen LogP contribution in [0.15, 0.2) is 23.1 Å². The molecule has 0 aliphatic heterocycles. The van der Waals surface area contributed by atoms with Crippen LogP contribution in [-0.2, 0) is 0 Å². The monoisotopic (exact) mass is 251 g/mol. The first-order valence-corrected chi connectivity index (χ1v) is 6.63. The highest BCUT2D eigenvalue weighted by molar-refractivity contribution is 7.80. The maximum Gasteiger partial charge on any atom is 0.254 e. The number of carbonyl (C=O) groups excluding carboxylic acids is 1. The Labute approximate surface area is 109 Å². The van der Waals surface area contributed by atoms with Crippen LogP contribution < -0.4 is 0 Å². The van der Waals surface area contributed by atoms with Crippen molar-refractivity contribution in [2.24, 2.45) is 0 Å². The van der Waals surface area contributed by atoms with Crippen molar-refractivity contribution < 1.29 is 4.79 Å². The van der Waals surface area contributed by atoms with Crippen LogP contribution in [0.3, 0.4) is 0 Å². The Morgan fingerprint density at radius 3 is 2.65 bits per heavy atom. The third-order valence-electron chi connectivity index (χ3n) is 2.90. The van der Waals surface area contributed by atoms with Gasteiger partial charge < -0.3 is 4.90 Å². The van der Waals surface area contributed by atoms with Crippen LogP contribution in [0, 0.1) is 6.92 Å². The topological polar surface area (TPSA) is 20.3 Å². The van der Waals surface area contributed by atoms with E-state index in [1.54, 1.807) is 0 Å². The van der Waals surface area contributed by atoms with Gasteiger partial charge in [-0.15, -0.1) is 12.6 Å². The number of hydrogen-bond acceptors (Lipinski definition) is 2. The summed E-state index contributed by atoms with van der Waals surface area (Å²) < 4.78 is 0. The maximum absolute atomic E-state index is 12.3. The normalized spacial score (nSPS) is 10.4. The molecule has 0 bridgehead atoms. The average Bonchev–Trinajstić information content (AvgIpc) is 2.33. The molecule has 0 saturated carbocycles. The largest absolute Gasteiger partial charge is 0.339 e. The van der Waals surface area contributed by atoms with Crippen LogP contribution in [0.25, 0.3) is 0 Å². The predicted octanol–water partition coefficient (Wildman–Crippen LogP) is 3.55. The van der Waals surface area contributed by atoms with Crippen LogP contribution in [-0.4, -0.2) is 23.9 Å². The molecule has 1 aromatic rings. The zero-order valence-corrected chi connectivity index (χ0v) is 11.8. The van der Waals surface area contributed by atoms with E-state index in [2.05, 4.69) is 19.6 Å². The summed E-state index contributed by atoms with van der Waals surface area (Å²) in [6.07, 6.45) is 2.16. The number of unbranched alkanes of at least 4 members (excludes halogenated alkanes) is 1. The van der Waals surface area contributed by atoms with Crippen LogP contribution in [0.1, 0.15) is 42.6 Å². The van der Waals surface area contributed by atoms with E-state index in [0.717, 1.165) is 42.0 Å². The Morgan fingerprint density at radius 1 is 1.35 bits per heavy atom. The van der Waals surface area contributed by atoms with Crippen LogP contribution in [0.5, 0.6) is 0 Å². The van der Waals surface area contributed by atoms with Crippen molar-refractivity contribution in [3.05, 3.63) is 29.3 Å². The fourth-order valence-corrected chi connectivity index (χ4v) is 1.97. The molecule has 0 atom stereocenters. The summed E-state index contributed by atoms with van der Waals surface area (Å²) >= 11 is 4.29. The van der Waals surface area contributed by atoms with E-state index in [-0.39, 0.29) is 5.91 Å². The zero-order valence-electron chi connectivity index (χ0n) is 10.9. The van der Waals surface area contributed by atoms with Crippen molar-refractivity contribution in [2.45, 2.75) is 38.5 Å². The lowest BCUT2D eigenvalue weighted by Gasteiger charge is -2.21. The highest BCUT2D eigenvalue weighted by atomic mass is 32.1. The molecule has 1 aromatic carbocycles. The van der Waals surface area contributed by atoms with Gasteiger partial charge in [-0.05, 0) is 38.0 Å². The van der Waals surface area contributed by atoms with E-state index in [4.69, 9.17) is 0 Å². The molecule has 0 aliphatic rings. The molecular weight excluding hydrogens is 230 g/mol. The molecule has 0 fully saturated rings. The minimum absolute atomic E-state index is 0.120. The number of benzene rings is 1. The Kier molecular flexibility index (Phi) is 5.56. The van der Waals surface area contributed by atoms with Crippen molar-refractivity contribution in [2.75, 3.05) is 13.1 Å². The van der Waals surface area contributed by atoms with Crippen molar-refractivity contribution in [3.63, 3.8) is 0 Å². The Balaban J connectivity index is 2.89. The molecule has 1 amide bonds. The average molecular weight is 251 g/mol. The number of carbonyl (C=O) groups is 1. The second kappa shape index (κ2) is 6.70. The molecule has 17 heavy (non-hydrogen) atoms. The van der Waals surface area contributed by atoms with Crippen molar-refractivity contribution in [1.82, 2.24) is 4.90 Å². The summed E-state index contributed by atoms with van der Waals surface area (Å²) in [5.41, 5.74) is 1.79. The summed E-state index contributed by atoms with van der Waals surface area (Å²) in [6, 6.07) is 5.72. The van der Waals surface area contributed by atoms with Gasteiger partial charge in [-0.1, -0.05) is 19.4 Å². The van der Waals surface area contributed by atoms with E-state index in [1.807, 2.05) is 36.9 Å². The molecule has 2 nitrogen and oxygen atoms in total. The van der Waals surface area contributed by atoms with Gasteiger partial charge in [-0.25, -0.2) is 0 Å². The first kappa shape index (κ1) is 14.1. The summed E-state index contributed by atoms with van der Waals surface area (Å²) in [5, 5.41) is 0. The standard InChI is InChI=1S/C14H21NOS/c1-4-6-9-15(5-2)14(16)13-10-12(17)8-7-11(13)3/h7-8,10,17H,4-6,9H2,1-3H3. The van der Waals surface area contributed by atoms with Crippen LogP contribution in [0.4, 0.5) is 0 Å². The van der Waals surface area contributed by atoms with Gasteiger partial charge in [-0.2, -0.15) is 0 Å². The Morgan fingerprint density at radius 2 is 2.06 bits per heavy atom. The highest BCUT2D eigenvalue weighted by Gasteiger charge is 2.15. The highest BCUT2D eigenvalue weighted by Crippen LogP contribution is 2.16. The number of thiol groups is 1. The van der Waals surface area contributed by atoms with Gasteiger partial charge in [0.2, 0.25) is 0 Å². The van der Waals surface area contributed by atoms with Crippen LogP contribution >= 0.6 is 12.6 Å². The summed E-state index contributed by atoms with van der Waals surface area (Å²) in [5.74, 6) is 0.120. The molecule has 0 radical (unpaired) electrons. The van der Waals surface area contributed by atoms with Gasteiger partial charge in [0.05, 0.1) is 0 Å². The molecular formula is C14H21NOS. The second-order valence-electron chi connectivity index (χ2n) is 4.24. The number of aryl methyl sites for hydroxylation is 1. The molecule has 0 saturated heterocycles. The van der Waals surface area contributed by atoms with E-state index in [1.165, 1.54) is 0 Å². The lowest BCUT2D eigenvalue weighted by Crippen LogP contribution is -2.32. The first-order valence-electron chi connectivity index (χ1n) is 6.19. The van der Waals surface area contributed by atoms with Crippen molar-refractivity contribution in [1.29, 1.82) is 0 Å². The summed E-state index contributed by atoms with van der Waals surface area (Å²) in [6.45, 7) is 7.72. The second-order valence-corrected chi connectivity index (χ2v) is 4.75. The summed E-state index contributed by atoms with van der Waals surface area (Å²) in [7, 11) is 0. The quantitative estimate of drug-likeness (QED) is 0.794. The van der Waals surface area contributed by atoms with Gasteiger partial charge in [0.1, 0.15) is 0 Å². The van der Waals surface area contributed by atoms with Crippen molar-refractivity contribution >= 4 is 18.5 Å². The fraction of sp³-hybridized carbons (Fsp3) is 0.500. The van der Waals surface area contributed by atoms with E-state index in [0.29, 0.717) is 0 Å². The molecule has 0 aliphatic carbocycles. The number of nitrogens with zero attached hydrogens (tertiary/aromatic N) is 1. The Bertz CT molecular complexity index is 390.